The third kappa shape index (κ3) is 8.96. The number of ether oxygens (including phenoxy) is 3. The van der Waals surface area contributed by atoms with Crippen molar-refractivity contribution in [2.75, 3.05) is 31.7 Å². The van der Waals surface area contributed by atoms with E-state index in [0.29, 0.717) is 40.1 Å². The Balaban J connectivity index is 2.10. The summed E-state index contributed by atoms with van der Waals surface area (Å²) < 4.78 is 45.6. The Morgan fingerprint density at radius 2 is 1.58 bits per heavy atom. The molecular formula is C32H39Cl2N3O7S. The van der Waals surface area contributed by atoms with E-state index in [0.717, 1.165) is 4.31 Å². The van der Waals surface area contributed by atoms with E-state index in [2.05, 4.69) is 5.32 Å². The van der Waals surface area contributed by atoms with Gasteiger partial charge in [0.05, 0.1) is 31.4 Å². The lowest BCUT2D eigenvalue weighted by Crippen LogP contribution is -2.52. The molecule has 13 heteroatoms. The quantitative estimate of drug-likeness (QED) is 0.212. The maximum Gasteiger partial charge on any atom is 0.264 e. The molecule has 3 aromatic rings. The van der Waals surface area contributed by atoms with Crippen LogP contribution >= 0.6 is 23.2 Å². The van der Waals surface area contributed by atoms with Crippen molar-refractivity contribution in [1.29, 1.82) is 0 Å². The summed E-state index contributed by atoms with van der Waals surface area (Å²) in [4.78, 5) is 28.6. The van der Waals surface area contributed by atoms with E-state index in [-0.39, 0.29) is 28.9 Å². The zero-order valence-corrected chi connectivity index (χ0v) is 28.5. The molecule has 0 aliphatic rings. The van der Waals surface area contributed by atoms with Gasteiger partial charge in [0.15, 0.2) is 11.5 Å². The highest BCUT2D eigenvalue weighted by Crippen LogP contribution is 2.33. The highest BCUT2D eigenvalue weighted by atomic mass is 35.5. The summed E-state index contributed by atoms with van der Waals surface area (Å²) in [7, 11) is -1.52. The van der Waals surface area contributed by atoms with Gasteiger partial charge in [-0.1, -0.05) is 36.2 Å². The largest absolute Gasteiger partial charge is 0.494 e. The van der Waals surface area contributed by atoms with Crippen LogP contribution in [0.3, 0.4) is 0 Å². The fraction of sp³-hybridized carbons (Fsp3) is 0.375. The molecule has 0 fully saturated rings. The van der Waals surface area contributed by atoms with Crippen molar-refractivity contribution < 1.29 is 32.2 Å². The number of halogens is 2. The number of carbonyl (C=O) groups is 2. The van der Waals surface area contributed by atoms with Crippen molar-refractivity contribution in [1.82, 2.24) is 10.2 Å². The average Bonchev–Trinajstić information content (AvgIpc) is 3.02. The van der Waals surface area contributed by atoms with E-state index in [9.17, 15) is 18.0 Å². The summed E-state index contributed by atoms with van der Waals surface area (Å²) >= 11 is 12.5. The molecule has 2 atom stereocenters. The Kier molecular flexibility index (Phi) is 12.8. The molecule has 0 aliphatic heterocycles. The Morgan fingerprint density at radius 1 is 0.911 bits per heavy atom. The molecule has 0 aliphatic carbocycles. The van der Waals surface area contributed by atoms with Crippen molar-refractivity contribution in [3.8, 4) is 17.2 Å². The first-order valence-electron chi connectivity index (χ1n) is 14.4. The molecule has 45 heavy (non-hydrogen) atoms. The predicted molar refractivity (Wildman–Crippen MR) is 176 cm³/mol. The Morgan fingerprint density at radius 3 is 2.16 bits per heavy atom. The van der Waals surface area contributed by atoms with Crippen LogP contribution in [0.5, 0.6) is 17.2 Å². The molecule has 0 radical (unpaired) electrons. The lowest BCUT2D eigenvalue weighted by Gasteiger charge is -2.32. The van der Waals surface area contributed by atoms with E-state index < -0.39 is 34.4 Å². The van der Waals surface area contributed by atoms with Crippen LogP contribution in [0.1, 0.15) is 39.7 Å². The Bertz CT molecular complexity index is 1590. The standard InChI is InChI=1S/C32H39Cl2N3O7S/c1-7-21(3)35-32(39)22(4)36(19-23-9-10-24(33)17-28(23)34)31(38)20-37(25-11-13-26(14-12-25)44-8-2)45(40,41)27-15-16-29(42-5)30(18-27)43-6/h9-18,21-22H,7-8,19-20H2,1-6H3,(H,35,39)/t21-,22+/m1/s1. The van der Waals surface area contributed by atoms with Crippen LogP contribution in [0.15, 0.2) is 65.6 Å². The predicted octanol–water partition coefficient (Wildman–Crippen LogP) is 5.94. The molecule has 2 amide bonds. The molecule has 0 aromatic heterocycles. The number of anilines is 1. The van der Waals surface area contributed by atoms with E-state index in [1.807, 2.05) is 20.8 Å². The van der Waals surface area contributed by atoms with Gasteiger partial charge < -0.3 is 24.4 Å². The van der Waals surface area contributed by atoms with Crippen molar-refractivity contribution in [2.45, 2.75) is 57.6 Å². The van der Waals surface area contributed by atoms with Gasteiger partial charge in [-0.2, -0.15) is 0 Å². The van der Waals surface area contributed by atoms with Crippen LogP contribution in [-0.2, 0) is 26.2 Å². The third-order valence-corrected chi connectivity index (χ3v) is 9.54. The zero-order chi connectivity index (χ0) is 33.3. The maximum atomic E-state index is 14.2. The minimum absolute atomic E-state index is 0.0720. The second-order valence-corrected chi connectivity index (χ2v) is 12.9. The fourth-order valence-electron chi connectivity index (χ4n) is 4.39. The van der Waals surface area contributed by atoms with Gasteiger partial charge in [-0.15, -0.1) is 0 Å². The highest BCUT2D eigenvalue weighted by molar-refractivity contribution is 7.92. The van der Waals surface area contributed by atoms with Crippen molar-refractivity contribution in [2.24, 2.45) is 0 Å². The SMILES string of the molecule is CCOc1ccc(N(CC(=O)N(Cc2ccc(Cl)cc2Cl)[C@@H](C)C(=O)N[C@H](C)CC)S(=O)(=O)c2ccc(OC)c(OC)c2)cc1. The lowest BCUT2D eigenvalue weighted by atomic mass is 10.1. The molecule has 0 unspecified atom stereocenters. The van der Waals surface area contributed by atoms with Gasteiger partial charge in [0.25, 0.3) is 10.0 Å². The number of amides is 2. The van der Waals surface area contributed by atoms with E-state index in [1.165, 1.54) is 37.3 Å². The number of benzene rings is 3. The topological polar surface area (TPSA) is 114 Å². The first kappa shape index (κ1) is 35.8. The van der Waals surface area contributed by atoms with Crippen LogP contribution in [0.4, 0.5) is 5.69 Å². The molecule has 0 saturated heterocycles. The number of nitrogens with zero attached hydrogens (tertiary/aromatic N) is 2. The van der Waals surface area contributed by atoms with E-state index >= 15 is 0 Å². The van der Waals surface area contributed by atoms with E-state index in [4.69, 9.17) is 37.4 Å². The first-order chi connectivity index (χ1) is 21.4. The summed E-state index contributed by atoms with van der Waals surface area (Å²) in [5, 5.41) is 3.61. The van der Waals surface area contributed by atoms with Crippen LogP contribution in [0.2, 0.25) is 10.0 Å². The number of hydrogen-bond acceptors (Lipinski definition) is 7. The first-order valence-corrected chi connectivity index (χ1v) is 16.6. The highest BCUT2D eigenvalue weighted by Gasteiger charge is 2.33. The molecule has 0 saturated carbocycles. The smallest absolute Gasteiger partial charge is 0.264 e. The minimum atomic E-state index is -4.36. The molecule has 3 rings (SSSR count). The molecule has 0 heterocycles. The van der Waals surface area contributed by atoms with Gasteiger partial charge in [-0.3, -0.25) is 13.9 Å². The third-order valence-electron chi connectivity index (χ3n) is 7.18. The van der Waals surface area contributed by atoms with Gasteiger partial charge in [0.2, 0.25) is 11.8 Å². The average molecular weight is 681 g/mol. The fourth-order valence-corrected chi connectivity index (χ4v) is 6.29. The van der Waals surface area contributed by atoms with Gasteiger partial charge in [0, 0.05) is 28.7 Å². The second kappa shape index (κ2) is 16.1. The summed E-state index contributed by atoms with van der Waals surface area (Å²) in [5.74, 6) is 0.0486. The number of sulfonamides is 1. The Hall–Kier alpha value is -3.67. The van der Waals surface area contributed by atoms with Gasteiger partial charge in [0.1, 0.15) is 18.3 Å². The van der Waals surface area contributed by atoms with Crippen molar-refractivity contribution >= 4 is 50.7 Å². The minimum Gasteiger partial charge on any atom is -0.494 e. The Labute approximate surface area is 275 Å². The van der Waals surface area contributed by atoms with Crippen LogP contribution in [-0.4, -0.2) is 64.6 Å². The molecule has 0 bridgehead atoms. The summed E-state index contributed by atoms with van der Waals surface area (Å²) in [6.45, 7) is 6.93. The van der Waals surface area contributed by atoms with Crippen LogP contribution in [0.25, 0.3) is 0 Å². The molecule has 1 N–H and O–H groups in total. The zero-order valence-electron chi connectivity index (χ0n) is 26.2. The molecule has 10 nitrogen and oxygen atoms in total. The molecule has 3 aromatic carbocycles. The van der Waals surface area contributed by atoms with Crippen molar-refractivity contribution in [3.05, 3.63) is 76.3 Å². The summed E-state index contributed by atoms with van der Waals surface area (Å²) in [5.41, 5.74) is 0.746. The number of hydrogen-bond donors (Lipinski definition) is 1. The number of rotatable bonds is 15. The van der Waals surface area contributed by atoms with E-state index in [1.54, 1.807) is 49.4 Å². The molecule has 244 valence electrons. The van der Waals surface area contributed by atoms with Gasteiger partial charge in [-0.05, 0) is 81.3 Å². The lowest BCUT2D eigenvalue weighted by molar-refractivity contribution is -0.139. The van der Waals surface area contributed by atoms with Gasteiger partial charge >= 0.3 is 0 Å². The number of methoxy groups -OCH3 is 2. The van der Waals surface area contributed by atoms with Crippen LogP contribution in [0, 0.1) is 0 Å². The molecule has 0 spiro atoms. The monoisotopic (exact) mass is 679 g/mol. The molecular weight excluding hydrogens is 641 g/mol. The number of carbonyl (C=O) groups excluding carboxylic acids is 2. The van der Waals surface area contributed by atoms with Crippen molar-refractivity contribution in [3.63, 3.8) is 0 Å². The number of nitrogens with one attached hydrogen (secondary N) is 1. The van der Waals surface area contributed by atoms with Gasteiger partial charge in [-0.25, -0.2) is 8.42 Å². The normalized spacial score (nSPS) is 12.5. The summed E-state index contributed by atoms with van der Waals surface area (Å²) in [6, 6.07) is 14.2. The summed E-state index contributed by atoms with van der Waals surface area (Å²) in [6.07, 6.45) is 0.685. The second-order valence-electron chi connectivity index (χ2n) is 10.2. The van der Waals surface area contributed by atoms with Crippen LogP contribution < -0.4 is 23.8 Å². The maximum absolute atomic E-state index is 14.2.